The van der Waals surface area contributed by atoms with Gasteiger partial charge in [-0.05, 0) is 11.6 Å². The molecule has 0 nitrogen and oxygen atoms in total. The molecule has 0 fully saturated rings. The minimum Gasteiger partial charge on any atom is -0.0625 e. The predicted molar refractivity (Wildman–Crippen MR) is 80.9 cm³/mol. The standard InChI is InChI=1S/C17H19Si/c1-17(2,3)18(4,15-11-7-5-8-12-15)16-13-9-6-10-14-16/h5-14H,1-3H3. The van der Waals surface area contributed by atoms with E-state index in [1.165, 1.54) is 10.4 Å². The van der Waals surface area contributed by atoms with E-state index in [-0.39, 0.29) is 5.04 Å². The predicted octanol–water partition coefficient (Wildman–Crippen LogP) is 3.18. The van der Waals surface area contributed by atoms with Gasteiger partial charge in [0.25, 0.3) is 0 Å². The minimum absolute atomic E-state index is 0.0320. The highest BCUT2D eigenvalue weighted by Gasteiger charge is 2.43. The van der Waals surface area contributed by atoms with Gasteiger partial charge in [-0.15, -0.1) is 0 Å². The van der Waals surface area contributed by atoms with Gasteiger partial charge in [-0.3, -0.25) is 0 Å². The van der Waals surface area contributed by atoms with Gasteiger partial charge in [0.15, 0.2) is 0 Å². The van der Waals surface area contributed by atoms with Crippen molar-refractivity contribution < 1.29 is 0 Å². The fourth-order valence-corrected chi connectivity index (χ4v) is 5.86. The van der Waals surface area contributed by atoms with Gasteiger partial charge in [0.1, 0.15) is 8.07 Å². The fraction of sp³-hybridized carbons (Fsp3) is 0.235. The first-order chi connectivity index (χ1) is 8.46. The maximum atomic E-state index is 9.19. The van der Waals surface area contributed by atoms with Gasteiger partial charge in [0.2, 0.25) is 0 Å². The summed E-state index contributed by atoms with van der Waals surface area (Å²) in [4.78, 5) is 0. The molecule has 0 aliphatic heterocycles. The average molecular weight is 251 g/mol. The lowest BCUT2D eigenvalue weighted by Gasteiger charge is -2.40. The molecule has 0 saturated heterocycles. The molecule has 0 saturated carbocycles. The summed E-state index contributed by atoms with van der Waals surface area (Å²) in [6, 6.07) is 20.6. The Hall–Kier alpha value is -1.34. The molecule has 0 aliphatic rings. The van der Waals surface area contributed by atoms with Crippen molar-refractivity contribution >= 4 is 18.4 Å². The fourth-order valence-electron chi connectivity index (χ4n) is 2.41. The summed E-state index contributed by atoms with van der Waals surface area (Å²) in [5.74, 6) is 0. The molecule has 3 radical (unpaired) electrons. The maximum absolute atomic E-state index is 9.19. The van der Waals surface area contributed by atoms with E-state index >= 15 is 0 Å². The molecule has 0 amide bonds. The van der Waals surface area contributed by atoms with Crippen molar-refractivity contribution in [3.05, 3.63) is 67.2 Å². The summed E-state index contributed by atoms with van der Waals surface area (Å²) >= 11 is 0. The monoisotopic (exact) mass is 251 g/mol. The van der Waals surface area contributed by atoms with Crippen LogP contribution in [-0.4, -0.2) is 8.07 Å². The molecule has 2 aromatic carbocycles. The Labute approximate surface area is 112 Å². The minimum atomic E-state index is -2.45. The number of benzene rings is 2. The molecule has 91 valence electrons. The first-order valence-electron chi connectivity index (χ1n) is 6.32. The van der Waals surface area contributed by atoms with Crippen LogP contribution < -0.4 is 10.4 Å². The van der Waals surface area contributed by atoms with E-state index in [0.717, 1.165) is 0 Å². The van der Waals surface area contributed by atoms with E-state index in [1.54, 1.807) is 0 Å². The highest BCUT2D eigenvalue weighted by Crippen LogP contribution is 2.34. The summed E-state index contributed by atoms with van der Waals surface area (Å²) in [5.41, 5.74) is 0. The molecule has 0 N–H and O–H groups in total. The Morgan fingerprint density at radius 2 is 1.06 bits per heavy atom. The van der Waals surface area contributed by atoms with Crippen LogP contribution in [0, 0.1) is 6.55 Å². The first kappa shape index (κ1) is 13.1. The summed E-state index contributed by atoms with van der Waals surface area (Å²) in [6.45, 7) is 15.8. The van der Waals surface area contributed by atoms with E-state index in [9.17, 15) is 6.55 Å². The zero-order valence-corrected chi connectivity index (χ0v) is 12.3. The molecule has 0 heterocycles. The summed E-state index contributed by atoms with van der Waals surface area (Å²) in [7, 11) is -2.45. The van der Waals surface area contributed by atoms with Gasteiger partial charge in [0.05, 0.1) is 0 Å². The van der Waals surface area contributed by atoms with Crippen LogP contribution in [0.5, 0.6) is 0 Å². The van der Waals surface area contributed by atoms with Crippen LogP contribution in [0.15, 0.2) is 60.7 Å². The average Bonchev–Trinajstić information content (AvgIpc) is 2.38. The summed E-state index contributed by atoms with van der Waals surface area (Å²) in [5, 5.41) is 2.34. The summed E-state index contributed by atoms with van der Waals surface area (Å²) < 4.78 is 0. The quantitative estimate of drug-likeness (QED) is 0.719. The lowest BCUT2D eigenvalue weighted by Crippen LogP contribution is -2.62. The second-order valence-corrected chi connectivity index (χ2v) is 9.89. The molecule has 18 heavy (non-hydrogen) atoms. The van der Waals surface area contributed by atoms with Crippen LogP contribution in [-0.2, 0) is 0 Å². The smallest absolute Gasteiger partial charge is 0.0625 e. The molecule has 0 atom stereocenters. The Balaban J connectivity index is 2.63. The Kier molecular flexibility index (Phi) is 3.44. The van der Waals surface area contributed by atoms with Gasteiger partial charge in [-0.25, -0.2) is 0 Å². The molecule has 1 heteroatoms. The normalized spacial score (nSPS) is 12.4. The third kappa shape index (κ3) is 2.15. The van der Waals surface area contributed by atoms with Crippen LogP contribution >= 0.6 is 0 Å². The molecule has 0 aliphatic carbocycles. The Morgan fingerprint density at radius 1 is 0.722 bits per heavy atom. The second-order valence-electron chi connectivity index (χ2n) is 5.73. The van der Waals surface area contributed by atoms with Crippen molar-refractivity contribution in [3.63, 3.8) is 0 Å². The van der Waals surface area contributed by atoms with E-state index < -0.39 is 8.07 Å². The molecule has 0 aromatic heterocycles. The van der Waals surface area contributed by atoms with Gasteiger partial charge >= 0.3 is 0 Å². The Bertz CT molecular complexity index is 455. The first-order valence-corrected chi connectivity index (χ1v) is 8.32. The van der Waals surface area contributed by atoms with Crippen LogP contribution in [0.3, 0.4) is 0 Å². The van der Waals surface area contributed by atoms with Gasteiger partial charge in [-0.2, -0.15) is 0 Å². The third-order valence-electron chi connectivity index (χ3n) is 3.54. The molecular weight excluding hydrogens is 232 g/mol. The van der Waals surface area contributed by atoms with Crippen LogP contribution in [0.4, 0.5) is 0 Å². The third-order valence-corrected chi connectivity index (χ3v) is 8.19. The van der Waals surface area contributed by atoms with Crippen LogP contribution in [0.1, 0.15) is 20.8 Å². The van der Waals surface area contributed by atoms with Crippen molar-refractivity contribution in [1.29, 1.82) is 0 Å². The summed E-state index contributed by atoms with van der Waals surface area (Å²) in [6.07, 6.45) is 0. The SMILES string of the molecule is [C][Si](c1ccccc1)(c1ccccc1)C(C)(C)C. The molecule has 2 aromatic rings. The van der Waals surface area contributed by atoms with E-state index in [1.807, 2.05) is 36.4 Å². The van der Waals surface area contributed by atoms with Gasteiger partial charge in [-0.1, -0.05) is 91.8 Å². The molecule has 0 unspecified atom stereocenters. The number of hydrogen-bond donors (Lipinski definition) is 0. The van der Waals surface area contributed by atoms with Crippen molar-refractivity contribution in [3.8, 4) is 0 Å². The lowest BCUT2D eigenvalue weighted by molar-refractivity contribution is 0.738. The molecule has 0 bridgehead atoms. The number of rotatable bonds is 2. The zero-order valence-electron chi connectivity index (χ0n) is 11.3. The van der Waals surface area contributed by atoms with Gasteiger partial charge in [0, 0.05) is 0 Å². The van der Waals surface area contributed by atoms with Crippen molar-refractivity contribution in [2.24, 2.45) is 0 Å². The van der Waals surface area contributed by atoms with Crippen molar-refractivity contribution in [1.82, 2.24) is 0 Å². The molecule has 0 spiro atoms. The van der Waals surface area contributed by atoms with Crippen molar-refractivity contribution in [2.45, 2.75) is 25.8 Å². The van der Waals surface area contributed by atoms with E-state index in [4.69, 9.17) is 0 Å². The lowest BCUT2D eigenvalue weighted by atomic mass is 10.2. The van der Waals surface area contributed by atoms with Crippen molar-refractivity contribution in [2.75, 3.05) is 0 Å². The molecular formula is C17H19Si. The van der Waals surface area contributed by atoms with E-state index in [0.29, 0.717) is 0 Å². The highest BCUT2D eigenvalue weighted by molar-refractivity contribution is 7.05. The maximum Gasteiger partial charge on any atom is 0.130 e. The highest BCUT2D eigenvalue weighted by atomic mass is 28.3. The molecule has 2 rings (SSSR count). The number of hydrogen-bond acceptors (Lipinski definition) is 0. The van der Waals surface area contributed by atoms with E-state index in [2.05, 4.69) is 45.0 Å². The van der Waals surface area contributed by atoms with Gasteiger partial charge < -0.3 is 0 Å². The zero-order chi connectivity index (χ0) is 13.2. The second kappa shape index (κ2) is 4.73. The van der Waals surface area contributed by atoms with Crippen LogP contribution in [0.25, 0.3) is 0 Å². The Morgan fingerprint density at radius 3 is 1.33 bits per heavy atom. The topological polar surface area (TPSA) is 0 Å². The largest absolute Gasteiger partial charge is 0.130 e. The van der Waals surface area contributed by atoms with Crippen LogP contribution in [0.2, 0.25) is 5.04 Å².